The van der Waals surface area contributed by atoms with Crippen molar-refractivity contribution in [3.63, 3.8) is 0 Å². The Bertz CT molecular complexity index is 1710. The number of likely N-dealkylation sites (N-methyl/N-ethyl adjacent to an activating group) is 1. The summed E-state index contributed by atoms with van der Waals surface area (Å²) in [5.74, 6) is -1.75. The van der Waals surface area contributed by atoms with Gasteiger partial charge in [0.05, 0.1) is 28.1 Å². The number of ether oxygens (including phenoxy) is 2. The topological polar surface area (TPSA) is 134 Å². The van der Waals surface area contributed by atoms with Crippen molar-refractivity contribution in [1.82, 2.24) is 14.3 Å². The van der Waals surface area contributed by atoms with Crippen molar-refractivity contribution in [1.29, 1.82) is 0 Å². The zero-order chi connectivity index (χ0) is 34.2. The van der Waals surface area contributed by atoms with Gasteiger partial charge >= 0.3 is 12.2 Å². The van der Waals surface area contributed by atoms with Crippen LogP contribution in [0.3, 0.4) is 0 Å². The first-order valence-corrected chi connectivity index (χ1v) is 16.7. The van der Waals surface area contributed by atoms with Gasteiger partial charge in [-0.2, -0.15) is 4.37 Å². The van der Waals surface area contributed by atoms with E-state index in [4.69, 9.17) is 21.1 Å². The third-order valence-corrected chi connectivity index (χ3v) is 9.34. The number of hydrogen-bond donors (Lipinski definition) is 1. The second kappa shape index (κ2) is 13.2. The lowest BCUT2D eigenvalue weighted by Gasteiger charge is -2.29. The molecule has 4 rings (SSSR count). The van der Waals surface area contributed by atoms with Crippen LogP contribution in [0.1, 0.15) is 48.0 Å². The number of rotatable bonds is 7. The van der Waals surface area contributed by atoms with Crippen LogP contribution in [0.4, 0.5) is 40.6 Å². The number of benzene rings is 2. The van der Waals surface area contributed by atoms with Crippen LogP contribution in [-0.2, 0) is 19.5 Å². The Kier molecular flexibility index (Phi) is 10.0. The monoisotopic (exact) mass is 700 g/mol. The molecule has 17 heteroatoms. The summed E-state index contributed by atoms with van der Waals surface area (Å²) in [4.78, 5) is 31.8. The summed E-state index contributed by atoms with van der Waals surface area (Å²) in [6, 6.07) is 5.43. The second-order valence-electron chi connectivity index (χ2n) is 12.5. The maximum absolute atomic E-state index is 15.6. The van der Waals surface area contributed by atoms with E-state index in [0.717, 1.165) is 18.5 Å². The van der Waals surface area contributed by atoms with Gasteiger partial charge in [0.1, 0.15) is 34.1 Å². The summed E-state index contributed by atoms with van der Waals surface area (Å²) in [5, 5.41) is 2.40. The first-order chi connectivity index (χ1) is 21.3. The molecule has 1 unspecified atom stereocenters. The van der Waals surface area contributed by atoms with Gasteiger partial charge in [-0.3, -0.25) is 0 Å². The summed E-state index contributed by atoms with van der Waals surface area (Å²) < 4.78 is 72.0. The van der Waals surface area contributed by atoms with E-state index in [1.807, 2.05) is 4.90 Å². The molecule has 2 amide bonds. The quantitative estimate of drug-likeness (QED) is 0.281. The van der Waals surface area contributed by atoms with E-state index in [0.29, 0.717) is 42.4 Å². The van der Waals surface area contributed by atoms with E-state index in [1.54, 1.807) is 48.6 Å². The van der Waals surface area contributed by atoms with E-state index in [-0.39, 0.29) is 26.2 Å². The Balaban J connectivity index is 1.62. The normalized spacial score (nSPS) is 15.4. The molecule has 0 saturated carbocycles. The van der Waals surface area contributed by atoms with Crippen molar-refractivity contribution >= 4 is 67.5 Å². The highest BCUT2D eigenvalue weighted by molar-refractivity contribution is 7.93. The molecule has 46 heavy (non-hydrogen) atoms. The van der Waals surface area contributed by atoms with Gasteiger partial charge in [0.15, 0.2) is 0 Å². The zero-order valence-corrected chi connectivity index (χ0v) is 28.7. The molecule has 12 nitrogen and oxygen atoms in total. The lowest BCUT2D eigenvalue weighted by atomic mass is 10.2. The van der Waals surface area contributed by atoms with Crippen LogP contribution in [0.25, 0.3) is 0 Å². The number of nitrogens with zero attached hydrogens (tertiary/aromatic N) is 5. The third-order valence-electron chi connectivity index (χ3n) is 6.58. The molecule has 0 spiro atoms. The fourth-order valence-electron chi connectivity index (χ4n) is 4.54. The molecule has 1 N–H and O–H groups in total. The lowest BCUT2D eigenvalue weighted by Crippen LogP contribution is -2.42. The SMILES string of the molecule is CN(C(=O)OC(C)(C)C)C1CCN(c2cc(F)ccc2Nc2cc(F)c(S(=O)(=O)N(C(=O)OC(C)(C)C)c3ncns3)cc2Cl)C1. The number of amides is 2. The summed E-state index contributed by atoms with van der Waals surface area (Å²) >= 11 is 7.06. The zero-order valence-electron chi connectivity index (χ0n) is 26.3. The van der Waals surface area contributed by atoms with Gasteiger partial charge in [0.2, 0.25) is 5.13 Å². The maximum atomic E-state index is 15.6. The predicted octanol–water partition coefficient (Wildman–Crippen LogP) is 6.79. The molecule has 0 aliphatic carbocycles. The van der Waals surface area contributed by atoms with Gasteiger partial charge < -0.3 is 24.6 Å². The molecule has 3 aromatic rings. The average Bonchev–Trinajstić information content (AvgIpc) is 3.62. The molecule has 0 radical (unpaired) electrons. The Morgan fingerprint density at radius 1 is 1.04 bits per heavy atom. The number of carbonyl (C=O) groups excluding carboxylic acids is 2. The predicted molar refractivity (Wildman–Crippen MR) is 172 cm³/mol. The van der Waals surface area contributed by atoms with Crippen molar-refractivity contribution in [2.45, 2.75) is 70.1 Å². The minimum Gasteiger partial charge on any atom is -0.444 e. The summed E-state index contributed by atoms with van der Waals surface area (Å²) in [5.41, 5.74) is -0.998. The highest BCUT2D eigenvalue weighted by Crippen LogP contribution is 2.38. The van der Waals surface area contributed by atoms with E-state index in [2.05, 4.69) is 14.7 Å². The van der Waals surface area contributed by atoms with Crippen LogP contribution in [-0.4, -0.2) is 72.2 Å². The fourth-order valence-corrected chi connectivity index (χ4v) is 6.89. The van der Waals surface area contributed by atoms with Crippen molar-refractivity contribution < 1.29 is 36.3 Å². The minimum atomic E-state index is -4.92. The molecule has 1 atom stereocenters. The molecular weight excluding hydrogens is 666 g/mol. The van der Waals surface area contributed by atoms with Gasteiger partial charge in [-0.1, -0.05) is 11.6 Å². The highest BCUT2D eigenvalue weighted by Gasteiger charge is 2.39. The minimum absolute atomic E-state index is 0.0210. The van der Waals surface area contributed by atoms with E-state index >= 15 is 4.39 Å². The second-order valence-corrected chi connectivity index (χ2v) is 15.4. The van der Waals surface area contributed by atoms with Gasteiger partial charge in [-0.05, 0) is 72.2 Å². The summed E-state index contributed by atoms with van der Waals surface area (Å²) in [6.45, 7) is 10.8. The highest BCUT2D eigenvalue weighted by atomic mass is 35.5. The molecule has 1 aromatic heterocycles. The molecular formula is C29H35ClF2N6O6S2. The third kappa shape index (κ3) is 8.14. The van der Waals surface area contributed by atoms with Gasteiger partial charge in [0, 0.05) is 37.7 Å². The number of sulfonamides is 1. The molecule has 1 aliphatic heterocycles. The molecule has 0 bridgehead atoms. The largest absolute Gasteiger partial charge is 0.444 e. The molecule has 1 aliphatic rings. The number of anilines is 4. The van der Waals surface area contributed by atoms with Crippen molar-refractivity contribution in [2.75, 3.05) is 34.7 Å². The Labute approximate surface area is 275 Å². The number of hydrogen-bond acceptors (Lipinski definition) is 11. The average molecular weight is 701 g/mol. The molecule has 2 aromatic carbocycles. The van der Waals surface area contributed by atoms with Crippen LogP contribution >= 0.6 is 23.1 Å². The number of nitrogens with one attached hydrogen (secondary N) is 1. The van der Waals surface area contributed by atoms with E-state index in [1.165, 1.54) is 23.1 Å². The fraction of sp³-hybridized carbons (Fsp3) is 0.448. The van der Waals surface area contributed by atoms with Crippen LogP contribution in [0, 0.1) is 11.6 Å². The lowest BCUT2D eigenvalue weighted by molar-refractivity contribution is 0.0237. The Morgan fingerprint density at radius 3 is 2.30 bits per heavy atom. The number of halogens is 3. The molecule has 2 heterocycles. The van der Waals surface area contributed by atoms with Crippen LogP contribution in [0.2, 0.25) is 5.02 Å². The van der Waals surface area contributed by atoms with Gasteiger partial charge in [-0.25, -0.2) is 31.8 Å². The maximum Gasteiger partial charge on any atom is 0.431 e. The number of carbonyl (C=O) groups is 2. The Morgan fingerprint density at radius 2 is 1.70 bits per heavy atom. The Hall–Kier alpha value is -3.76. The first-order valence-electron chi connectivity index (χ1n) is 14.1. The van der Waals surface area contributed by atoms with Crippen molar-refractivity contribution in [3.05, 3.63) is 53.3 Å². The van der Waals surface area contributed by atoms with E-state index in [9.17, 15) is 22.4 Å². The van der Waals surface area contributed by atoms with Gasteiger partial charge in [-0.15, -0.1) is 4.31 Å². The summed E-state index contributed by atoms with van der Waals surface area (Å²) in [6.07, 6.45) is -0.164. The number of aromatic nitrogens is 2. The van der Waals surface area contributed by atoms with Gasteiger partial charge in [0.25, 0.3) is 10.0 Å². The van der Waals surface area contributed by atoms with Crippen LogP contribution in [0.5, 0.6) is 0 Å². The smallest absolute Gasteiger partial charge is 0.431 e. The van der Waals surface area contributed by atoms with Crippen molar-refractivity contribution in [2.24, 2.45) is 0 Å². The first kappa shape index (κ1) is 35.1. The van der Waals surface area contributed by atoms with Crippen LogP contribution < -0.4 is 14.5 Å². The summed E-state index contributed by atoms with van der Waals surface area (Å²) in [7, 11) is -3.28. The molecule has 1 fully saturated rings. The standard InChI is InChI=1S/C29H35ClF2N6O6S2/c1-28(2,3)43-26(39)36(7)18-10-11-37(15-18)23-12-17(31)8-9-21(23)35-22-14-20(32)24(13-19(22)30)46(41,42)38(25-33-16-34-45-25)27(40)44-29(4,5)6/h8-9,12-14,16,18,35H,10-11,15H2,1-7H3. The van der Waals surface area contributed by atoms with Crippen molar-refractivity contribution in [3.8, 4) is 0 Å². The molecule has 250 valence electrons. The van der Waals surface area contributed by atoms with E-state index < -0.39 is 49.9 Å². The van der Waals surface area contributed by atoms with Crippen LogP contribution in [0.15, 0.2) is 41.6 Å². The molecule has 1 saturated heterocycles.